The molecule has 6 heteroatoms. The smallest absolute Gasteiger partial charge is 0.307 e. The van der Waals surface area contributed by atoms with E-state index in [9.17, 15) is 9.59 Å². The lowest BCUT2D eigenvalue weighted by Gasteiger charge is -2.33. The van der Waals surface area contributed by atoms with Gasteiger partial charge in [0.05, 0.1) is 17.2 Å². The van der Waals surface area contributed by atoms with Crippen molar-refractivity contribution in [1.29, 1.82) is 0 Å². The van der Waals surface area contributed by atoms with E-state index in [1.54, 1.807) is 6.20 Å². The number of likely N-dealkylation sites (tertiary alicyclic amines) is 1. The van der Waals surface area contributed by atoms with Crippen molar-refractivity contribution in [2.24, 2.45) is 11.3 Å². The van der Waals surface area contributed by atoms with Gasteiger partial charge < -0.3 is 10.0 Å². The number of aryl methyl sites for hydroxylation is 1. The maximum Gasteiger partial charge on any atom is 0.307 e. The lowest BCUT2D eigenvalue weighted by molar-refractivity contribution is -0.139. The Balaban J connectivity index is 1.72. The van der Waals surface area contributed by atoms with Gasteiger partial charge in [0.2, 0.25) is 0 Å². The molecule has 23 heavy (non-hydrogen) atoms. The molecule has 2 fully saturated rings. The monoisotopic (exact) mass is 317 g/mol. The number of carbonyl (C=O) groups excluding carboxylic acids is 1. The highest BCUT2D eigenvalue weighted by molar-refractivity contribution is 5.95. The fraction of sp³-hybridized carbons (Fsp3) is 0.647. The molecule has 3 rings (SSSR count). The summed E-state index contributed by atoms with van der Waals surface area (Å²) in [5, 5.41) is 9.15. The van der Waals surface area contributed by atoms with E-state index in [0.717, 1.165) is 25.0 Å². The molecule has 0 bridgehead atoms. The Hall–Kier alpha value is -1.98. The molecule has 1 saturated carbocycles. The first-order valence-electron chi connectivity index (χ1n) is 8.20. The standard InChI is InChI=1S/C17H23N3O3/c1-10(2)14-12(9-18-11(3)19-14)15(21)20-6-4-17(5-7-20)8-13(17)16(22)23/h9-10,13H,4-8H2,1-3H3,(H,22,23). The number of aliphatic carboxylic acids is 1. The van der Waals surface area contributed by atoms with Crippen LogP contribution < -0.4 is 0 Å². The third kappa shape index (κ3) is 2.82. The second-order valence-corrected chi connectivity index (χ2v) is 7.12. The van der Waals surface area contributed by atoms with Gasteiger partial charge in [0.25, 0.3) is 5.91 Å². The molecule has 1 N–H and O–H groups in total. The van der Waals surface area contributed by atoms with Crippen LogP contribution in [0.3, 0.4) is 0 Å². The van der Waals surface area contributed by atoms with Crippen molar-refractivity contribution in [3.8, 4) is 0 Å². The summed E-state index contributed by atoms with van der Waals surface area (Å²) in [5.74, 6) is -0.111. The molecule has 2 aliphatic rings. The van der Waals surface area contributed by atoms with E-state index in [0.29, 0.717) is 24.5 Å². The Kier molecular flexibility index (Phi) is 3.86. The van der Waals surface area contributed by atoms with Gasteiger partial charge in [-0.05, 0) is 37.5 Å². The Morgan fingerprint density at radius 3 is 2.52 bits per heavy atom. The van der Waals surface area contributed by atoms with Crippen molar-refractivity contribution in [1.82, 2.24) is 14.9 Å². The molecule has 1 unspecified atom stereocenters. The van der Waals surface area contributed by atoms with Gasteiger partial charge >= 0.3 is 5.97 Å². The van der Waals surface area contributed by atoms with E-state index < -0.39 is 5.97 Å². The molecule has 1 saturated heterocycles. The van der Waals surface area contributed by atoms with Crippen LogP contribution in [-0.2, 0) is 4.79 Å². The van der Waals surface area contributed by atoms with Crippen LogP contribution in [0.1, 0.15) is 60.9 Å². The zero-order valence-electron chi connectivity index (χ0n) is 13.9. The van der Waals surface area contributed by atoms with Crippen molar-refractivity contribution < 1.29 is 14.7 Å². The topological polar surface area (TPSA) is 83.4 Å². The van der Waals surface area contributed by atoms with Gasteiger partial charge in [0.1, 0.15) is 5.82 Å². The molecule has 1 amide bonds. The Morgan fingerprint density at radius 1 is 1.35 bits per heavy atom. The predicted octanol–water partition coefficient (Wildman–Crippen LogP) is 2.24. The van der Waals surface area contributed by atoms with Crippen LogP contribution >= 0.6 is 0 Å². The molecule has 1 atom stereocenters. The number of aromatic nitrogens is 2. The average Bonchev–Trinajstić information content (AvgIpc) is 3.21. The van der Waals surface area contributed by atoms with Crippen molar-refractivity contribution >= 4 is 11.9 Å². The van der Waals surface area contributed by atoms with Gasteiger partial charge in [-0.1, -0.05) is 13.8 Å². The lowest BCUT2D eigenvalue weighted by atomic mass is 9.90. The Labute approximate surface area is 135 Å². The number of amides is 1. The molecule has 2 heterocycles. The van der Waals surface area contributed by atoms with Gasteiger partial charge in [-0.15, -0.1) is 0 Å². The molecule has 1 aromatic rings. The van der Waals surface area contributed by atoms with E-state index in [1.165, 1.54) is 0 Å². The number of nitrogens with zero attached hydrogens (tertiary/aromatic N) is 3. The maximum absolute atomic E-state index is 12.8. The number of carboxylic acid groups (broad SMARTS) is 1. The summed E-state index contributed by atoms with van der Waals surface area (Å²) < 4.78 is 0. The summed E-state index contributed by atoms with van der Waals surface area (Å²) in [6, 6.07) is 0. The Morgan fingerprint density at radius 2 is 2.00 bits per heavy atom. The number of carboxylic acids is 1. The van der Waals surface area contributed by atoms with Crippen LogP contribution in [-0.4, -0.2) is 44.9 Å². The summed E-state index contributed by atoms with van der Waals surface area (Å²) in [6.45, 7) is 7.10. The number of piperidine rings is 1. The number of rotatable bonds is 3. The first-order chi connectivity index (χ1) is 10.8. The minimum atomic E-state index is -0.696. The fourth-order valence-electron chi connectivity index (χ4n) is 3.67. The van der Waals surface area contributed by atoms with E-state index in [4.69, 9.17) is 5.11 Å². The van der Waals surface area contributed by atoms with E-state index in [2.05, 4.69) is 9.97 Å². The summed E-state index contributed by atoms with van der Waals surface area (Å²) in [7, 11) is 0. The summed E-state index contributed by atoms with van der Waals surface area (Å²) in [6.07, 6.45) is 3.94. The highest BCUT2D eigenvalue weighted by Crippen LogP contribution is 2.59. The highest BCUT2D eigenvalue weighted by atomic mass is 16.4. The van der Waals surface area contributed by atoms with Crippen LogP contribution in [0, 0.1) is 18.3 Å². The summed E-state index contributed by atoms with van der Waals surface area (Å²) in [4.78, 5) is 34.4. The van der Waals surface area contributed by atoms with E-state index in [-0.39, 0.29) is 23.2 Å². The molecular weight excluding hydrogens is 294 g/mol. The van der Waals surface area contributed by atoms with Crippen LogP contribution in [0.15, 0.2) is 6.20 Å². The summed E-state index contributed by atoms with van der Waals surface area (Å²) in [5.41, 5.74) is 1.30. The van der Waals surface area contributed by atoms with Crippen LogP contribution in [0.25, 0.3) is 0 Å². The van der Waals surface area contributed by atoms with Crippen molar-refractivity contribution in [2.75, 3.05) is 13.1 Å². The van der Waals surface area contributed by atoms with Gasteiger partial charge in [0, 0.05) is 19.3 Å². The first-order valence-corrected chi connectivity index (χ1v) is 8.20. The van der Waals surface area contributed by atoms with Crippen LogP contribution in [0.5, 0.6) is 0 Å². The van der Waals surface area contributed by atoms with Crippen molar-refractivity contribution in [3.63, 3.8) is 0 Å². The fourth-order valence-corrected chi connectivity index (χ4v) is 3.67. The number of hydrogen-bond donors (Lipinski definition) is 1. The molecule has 0 aromatic carbocycles. The lowest BCUT2D eigenvalue weighted by Crippen LogP contribution is -2.40. The minimum Gasteiger partial charge on any atom is -0.481 e. The molecule has 1 spiro atoms. The third-order valence-electron chi connectivity index (χ3n) is 5.25. The minimum absolute atomic E-state index is 0.0314. The molecule has 1 aliphatic heterocycles. The predicted molar refractivity (Wildman–Crippen MR) is 84.2 cm³/mol. The second-order valence-electron chi connectivity index (χ2n) is 7.12. The molecule has 0 radical (unpaired) electrons. The SMILES string of the molecule is Cc1ncc(C(=O)N2CCC3(CC2)CC3C(=O)O)c(C(C)C)n1. The van der Waals surface area contributed by atoms with Crippen molar-refractivity contribution in [3.05, 3.63) is 23.3 Å². The zero-order chi connectivity index (χ0) is 16.8. The largest absolute Gasteiger partial charge is 0.481 e. The Bertz CT molecular complexity index is 648. The number of hydrogen-bond acceptors (Lipinski definition) is 4. The van der Waals surface area contributed by atoms with Gasteiger partial charge in [-0.2, -0.15) is 0 Å². The third-order valence-corrected chi connectivity index (χ3v) is 5.25. The van der Waals surface area contributed by atoms with E-state index in [1.807, 2.05) is 25.7 Å². The molecular formula is C17H23N3O3. The maximum atomic E-state index is 12.8. The van der Waals surface area contributed by atoms with Gasteiger partial charge in [0.15, 0.2) is 0 Å². The molecule has 1 aliphatic carbocycles. The molecule has 6 nitrogen and oxygen atoms in total. The average molecular weight is 317 g/mol. The van der Waals surface area contributed by atoms with Gasteiger partial charge in [-0.25, -0.2) is 9.97 Å². The number of carbonyl (C=O) groups is 2. The van der Waals surface area contributed by atoms with Crippen LogP contribution in [0.4, 0.5) is 0 Å². The molecule has 1 aromatic heterocycles. The zero-order valence-corrected chi connectivity index (χ0v) is 13.9. The quantitative estimate of drug-likeness (QED) is 0.924. The van der Waals surface area contributed by atoms with Crippen LogP contribution in [0.2, 0.25) is 0 Å². The second kappa shape index (κ2) is 5.58. The molecule has 124 valence electrons. The first kappa shape index (κ1) is 15.9. The van der Waals surface area contributed by atoms with E-state index >= 15 is 0 Å². The van der Waals surface area contributed by atoms with Crippen molar-refractivity contribution in [2.45, 2.75) is 46.0 Å². The summed E-state index contributed by atoms with van der Waals surface area (Å²) >= 11 is 0. The van der Waals surface area contributed by atoms with Gasteiger partial charge in [-0.3, -0.25) is 9.59 Å². The highest BCUT2D eigenvalue weighted by Gasteiger charge is 2.59. The normalized spacial score (nSPS) is 22.4.